The Kier molecular flexibility index (Phi) is 7.34. The zero-order chi connectivity index (χ0) is 23.5. The first-order chi connectivity index (χ1) is 14.4. The molecule has 1 aromatic carbocycles. The maximum atomic E-state index is 13.0. The number of oxime groups is 1. The second-order valence-corrected chi connectivity index (χ2v) is 6.73. The zero-order valence-electron chi connectivity index (χ0n) is 16.2. The van der Waals surface area contributed by atoms with E-state index in [2.05, 4.69) is 9.99 Å². The SMILES string of the molecule is CON=C(OC(C)=O)C(Cl)=Cc1cc(-n2c(=O)cc(C(F)(F)F)n(C)c2=O)ccc1Cl. The smallest absolute Gasteiger partial charge is 0.403 e. The van der Waals surface area contributed by atoms with E-state index in [1.807, 2.05) is 0 Å². The molecule has 31 heavy (non-hydrogen) atoms. The van der Waals surface area contributed by atoms with Gasteiger partial charge in [0.25, 0.3) is 11.5 Å². The van der Waals surface area contributed by atoms with Gasteiger partial charge in [-0.05, 0) is 35.0 Å². The number of aromatic nitrogens is 2. The number of benzene rings is 1. The Hall–Kier alpha value is -3.05. The summed E-state index contributed by atoms with van der Waals surface area (Å²) in [6, 6.07) is 4.11. The van der Waals surface area contributed by atoms with E-state index < -0.39 is 29.1 Å². The van der Waals surface area contributed by atoms with Crippen LogP contribution < -0.4 is 11.2 Å². The molecule has 0 atom stereocenters. The number of ether oxygens (including phenoxy) is 1. The van der Waals surface area contributed by atoms with Gasteiger partial charge in [-0.15, -0.1) is 0 Å². The molecule has 0 saturated heterocycles. The summed E-state index contributed by atoms with van der Waals surface area (Å²) in [5.41, 5.74) is -3.73. The topological polar surface area (TPSA) is 91.9 Å². The lowest BCUT2D eigenvalue weighted by Crippen LogP contribution is -2.40. The van der Waals surface area contributed by atoms with Crippen molar-refractivity contribution in [3.8, 4) is 5.69 Å². The normalized spacial score (nSPS) is 12.6. The van der Waals surface area contributed by atoms with Crippen molar-refractivity contribution in [3.05, 3.63) is 66.4 Å². The summed E-state index contributed by atoms with van der Waals surface area (Å²) in [5, 5.41) is 3.35. The largest absolute Gasteiger partial charge is 0.431 e. The predicted octanol–water partition coefficient (Wildman–Crippen LogP) is 3.31. The van der Waals surface area contributed by atoms with Crippen molar-refractivity contribution in [1.29, 1.82) is 0 Å². The number of halogens is 5. The van der Waals surface area contributed by atoms with Crippen molar-refractivity contribution < 1.29 is 27.5 Å². The Balaban J connectivity index is 2.65. The Bertz CT molecular complexity index is 1200. The van der Waals surface area contributed by atoms with E-state index in [4.69, 9.17) is 27.9 Å². The number of carbonyl (C=O) groups is 1. The molecule has 2 rings (SSSR count). The van der Waals surface area contributed by atoms with E-state index in [0.717, 1.165) is 14.0 Å². The average molecular weight is 480 g/mol. The maximum absolute atomic E-state index is 13.0. The van der Waals surface area contributed by atoms with Gasteiger partial charge in [0.15, 0.2) is 0 Å². The van der Waals surface area contributed by atoms with Crippen LogP contribution in [0.25, 0.3) is 11.8 Å². The van der Waals surface area contributed by atoms with Gasteiger partial charge in [0.2, 0.25) is 0 Å². The molecular weight excluding hydrogens is 466 g/mol. The van der Waals surface area contributed by atoms with E-state index in [0.29, 0.717) is 15.2 Å². The van der Waals surface area contributed by atoms with Crippen molar-refractivity contribution in [1.82, 2.24) is 9.13 Å². The van der Waals surface area contributed by atoms with Crippen molar-refractivity contribution >= 4 is 41.1 Å². The number of hydrogen-bond acceptors (Lipinski definition) is 6. The number of rotatable bonds is 4. The first-order valence-corrected chi connectivity index (χ1v) is 8.99. The zero-order valence-corrected chi connectivity index (χ0v) is 17.7. The Labute approximate surface area is 182 Å². The third-order valence-corrected chi connectivity index (χ3v) is 4.36. The van der Waals surface area contributed by atoms with Crippen LogP contribution in [0.1, 0.15) is 18.2 Å². The first kappa shape index (κ1) is 24.2. The molecule has 0 aliphatic carbocycles. The number of carbonyl (C=O) groups excluding carboxylic acids is 1. The lowest BCUT2D eigenvalue weighted by molar-refractivity contribution is -0.144. The van der Waals surface area contributed by atoms with Crippen molar-refractivity contribution in [2.45, 2.75) is 13.1 Å². The van der Waals surface area contributed by atoms with Gasteiger partial charge >= 0.3 is 17.8 Å². The fraction of sp³-hybridized carbons (Fsp3) is 0.222. The number of hydrogen-bond donors (Lipinski definition) is 0. The molecule has 0 N–H and O–H groups in total. The van der Waals surface area contributed by atoms with Crippen LogP contribution in [-0.4, -0.2) is 28.1 Å². The van der Waals surface area contributed by atoms with Crippen molar-refractivity contribution in [3.63, 3.8) is 0 Å². The van der Waals surface area contributed by atoms with Crippen molar-refractivity contribution in [2.24, 2.45) is 12.2 Å². The minimum atomic E-state index is -4.89. The summed E-state index contributed by atoms with van der Waals surface area (Å²) in [6.07, 6.45) is -3.69. The monoisotopic (exact) mass is 479 g/mol. The highest BCUT2D eigenvalue weighted by Gasteiger charge is 2.35. The van der Waals surface area contributed by atoms with Gasteiger partial charge in [-0.2, -0.15) is 13.2 Å². The number of nitrogens with zero attached hydrogens (tertiary/aromatic N) is 3. The van der Waals surface area contributed by atoms with E-state index in [1.165, 1.54) is 31.4 Å². The highest BCUT2D eigenvalue weighted by Crippen LogP contribution is 2.27. The molecule has 0 bridgehead atoms. The second-order valence-electron chi connectivity index (χ2n) is 5.91. The summed E-state index contributed by atoms with van der Waals surface area (Å²) in [5.74, 6) is -1.12. The Morgan fingerprint density at radius 2 is 1.87 bits per heavy atom. The van der Waals surface area contributed by atoms with Crippen LogP contribution in [-0.2, 0) is 27.6 Å². The highest BCUT2D eigenvalue weighted by atomic mass is 35.5. The molecule has 0 unspecified atom stereocenters. The van der Waals surface area contributed by atoms with Gasteiger partial charge in [-0.25, -0.2) is 9.36 Å². The first-order valence-electron chi connectivity index (χ1n) is 8.24. The summed E-state index contributed by atoms with van der Waals surface area (Å²) >= 11 is 12.2. The summed E-state index contributed by atoms with van der Waals surface area (Å²) in [6.45, 7) is 1.11. The standard InChI is InChI=1S/C18H14Cl2F3N3O5/c1-9(27)31-16(24-30-3)13(20)7-10-6-11(4-5-12(10)19)26-15(28)8-14(18(21,22)23)25(2)17(26)29/h4-8H,1-3H3. The van der Waals surface area contributed by atoms with Crippen LogP contribution in [0.5, 0.6) is 0 Å². The quantitative estimate of drug-likeness (QED) is 0.290. The highest BCUT2D eigenvalue weighted by molar-refractivity contribution is 6.45. The van der Waals surface area contributed by atoms with E-state index in [1.54, 1.807) is 0 Å². The lowest BCUT2D eigenvalue weighted by Gasteiger charge is -2.14. The lowest BCUT2D eigenvalue weighted by atomic mass is 10.1. The molecule has 1 heterocycles. The Morgan fingerprint density at radius 3 is 2.42 bits per heavy atom. The molecule has 0 amide bonds. The van der Waals surface area contributed by atoms with Crippen LogP contribution in [0.2, 0.25) is 5.02 Å². The molecule has 0 fully saturated rings. The fourth-order valence-corrected chi connectivity index (χ4v) is 2.81. The van der Waals surface area contributed by atoms with E-state index >= 15 is 0 Å². The van der Waals surface area contributed by atoms with Gasteiger partial charge in [0, 0.05) is 25.1 Å². The van der Waals surface area contributed by atoms with Crippen LogP contribution >= 0.6 is 23.2 Å². The van der Waals surface area contributed by atoms with Crippen LogP contribution in [0.4, 0.5) is 13.2 Å². The third-order valence-electron chi connectivity index (χ3n) is 3.75. The van der Waals surface area contributed by atoms with Crippen LogP contribution in [0, 0.1) is 0 Å². The molecule has 0 saturated carbocycles. The summed E-state index contributed by atoms with van der Waals surface area (Å²) < 4.78 is 44.7. The summed E-state index contributed by atoms with van der Waals surface area (Å²) in [4.78, 5) is 40.4. The second kappa shape index (κ2) is 9.40. The van der Waals surface area contributed by atoms with Crippen molar-refractivity contribution in [2.75, 3.05) is 7.11 Å². The molecule has 0 radical (unpaired) electrons. The molecule has 13 heteroatoms. The van der Waals surface area contributed by atoms with Gasteiger partial charge in [-0.3, -0.25) is 14.2 Å². The van der Waals surface area contributed by atoms with Gasteiger partial charge in [0.05, 0.1) is 5.69 Å². The average Bonchev–Trinajstić information content (AvgIpc) is 2.65. The van der Waals surface area contributed by atoms with Gasteiger partial charge < -0.3 is 9.57 Å². The number of alkyl halides is 3. The minimum Gasteiger partial charge on any atom is -0.403 e. The molecule has 1 aromatic heterocycles. The van der Waals surface area contributed by atoms with E-state index in [9.17, 15) is 27.6 Å². The molecule has 8 nitrogen and oxygen atoms in total. The molecular formula is C18H14Cl2F3N3O5. The fourth-order valence-electron chi connectivity index (χ4n) is 2.44. The minimum absolute atomic E-state index is 0.0721. The molecule has 0 aliphatic rings. The third kappa shape index (κ3) is 5.56. The van der Waals surface area contributed by atoms with Crippen LogP contribution in [0.15, 0.2) is 44.0 Å². The van der Waals surface area contributed by atoms with Gasteiger partial charge in [0.1, 0.15) is 17.8 Å². The van der Waals surface area contributed by atoms with Gasteiger partial charge in [-0.1, -0.05) is 23.2 Å². The van der Waals surface area contributed by atoms with E-state index in [-0.39, 0.29) is 27.2 Å². The van der Waals surface area contributed by atoms with Crippen LogP contribution in [0.3, 0.4) is 0 Å². The number of esters is 1. The maximum Gasteiger partial charge on any atom is 0.431 e. The summed E-state index contributed by atoms with van der Waals surface area (Å²) in [7, 11) is 2.08. The predicted molar refractivity (Wildman–Crippen MR) is 107 cm³/mol. The molecule has 0 aliphatic heterocycles. The molecule has 166 valence electrons. The molecule has 0 spiro atoms. The Morgan fingerprint density at radius 1 is 1.23 bits per heavy atom. The molecule has 2 aromatic rings.